The van der Waals surface area contributed by atoms with Crippen LogP contribution in [0.3, 0.4) is 0 Å². The van der Waals surface area contributed by atoms with E-state index in [4.69, 9.17) is 5.73 Å². The van der Waals surface area contributed by atoms with Crippen molar-refractivity contribution in [1.82, 2.24) is 4.98 Å². The molecule has 2 nitrogen and oxygen atoms in total. The average molecular weight is 164 g/mol. The molecule has 1 rings (SSSR count). The van der Waals surface area contributed by atoms with E-state index in [0.717, 1.165) is 17.8 Å². The predicted molar refractivity (Wildman–Crippen MR) is 51.8 cm³/mol. The van der Waals surface area contributed by atoms with Crippen molar-refractivity contribution in [2.75, 3.05) is 5.73 Å². The van der Waals surface area contributed by atoms with E-state index >= 15 is 0 Å². The van der Waals surface area contributed by atoms with Gasteiger partial charge in [0.15, 0.2) is 0 Å². The zero-order valence-electron chi connectivity index (χ0n) is 7.96. The highest BCUT2D eigenvalue weighted by Crippen LogP contribution is 2.21. The summed E-state index contributed by atoms with van der Waals surface area (Å²) in [5.41, 5.74) is 7.82. The van der Waals surface area contributed by atoms with Gasteiger partial charge >= 0.3 is 0 Å². The smallest absolute Gasteiger partial charge is 0.0637 e. The van der Waals surface area contributed by atoms with Gasteiger partial charge in [0, 0.05) is 6.20 Å². The van der Waals surface area contributed by atoms with Crippen molar-refractivity contribution in [1.29, 1.82) is 0 Å². The van der Waals surface area contributed by atoms with Gasteiger partial charge in [0.05, 0.1) is 11.4 Å². The summed E-state index contributed by atoms with van der Waals surface area (Å²) in [6, 6.07) is 3.76. The molecule has 0 amide bonds. The zero-order valence-corrected chi connectivity index (χ0v) is 7.96. The molecule has 2 heteroatoms. The molecule has 0 radical (unpaired) electrons. The summed E-state index contributed by atoms with van der Waals surface area (Å²) in [6.07, 6.45) is 2.72. The van der Waals surface area contributed by atoms with Crippen LogP contribution in [0.1, 0.15) is 26.5 Å². The van der Waals surface area contributed by atoms with E-state index in [1.54, 1.807) is 6.20 Å². The molecular weight excluding hydrogens is 148 g/mol. The number of hydrogen-bond donors (Lipinski definition) is 1. The molecular formula is C10H16N2. The Morgan fingerprint density at radius 2 is 2.08 bits per heavy atom. The fourth-order valence-electron chi connectivity index (χ4n) is 1.10. The van der Waals surface area contributed by atoms with Crippen LogP contribution in [0.2, 0.25) is 0 Å². The first-order valence-corrected chi connectivity index (χ1v) is 4.18. The molecule has 1 aromatic rings. The molecule has 0 aliphatic rings. The number of pyridine rings is 1. The lowest BCUT2D eigenvalue weighted by atomic mass is 9.90. The summed E-state index contributed by atoms with van der Waals surface area (Å²) >= 11 is 0. The number of hydrogen-bond acceptors (Lipinski definition) is 2. The Bertz CT molecular complexity index is 261. The van der Waals surface area contributed by atoms with Gasteiger partial charge in [-0.25, -0.2) is 0 Å². The minimum Gasteiger partial charge on any atom is -0.397 e. The summed E-state index contributed by atoms with van der Waals surface area (Å²) in [7, 11) is 0. The van der Waals surface area contributed by atoms with E-state index in [1.165, 1.54) is 0 Å². The Balaban J connectivity index is 2.83. The summed E-state index contributed by atoms with van der Waals surface area (Å²) in [4.78, 5) is 4.24. The summed E-state index contributed by atoms with van der Waals surface area (Å²) in [5, 5.41) is 0. The van der Waals surface area contributed by atoms with Crippen molar-refractivity contribution in [2.24, 2.45) is 5.41 Å². The molecule has 0 spiro atoms. The van der Waals surface area contributed by atoms with Gasteiger partial charge in [-0.2, -0.15) is 0 Å². The molecule has 0 aromatic carbocycles. The second-order valence-electron chi connectivity index (χ2n) is 4.28. The van der Waals surface area contributed by atoms with Crippen LogP contribution in [-0.4, -0.2) is 4.98 Å². The molecule has 2 N–H and O–H groups in total. The molecule has 1 aromatic heterocycles. The fourth-order valence-corrected chi connectivity index (χ4v) is 1.10. The Labute approximate surface area is 73.8 Å². The molecule has 0 aliphatic carbocycles. The highest BCUT2D eigenvalue weighted by Gasteiger charge is 2.13. The minimum atomic E-state index is 0.252. The van der Waals surface area contributed by atoms with Gasteiger partial charge in [-0.1, -0.05) is 20.8 Å². The van der Waals surface area contributed by atoms with E-state index in [0.29, 0.717) is 0 Å². The van der Waals surface area contributed by atoms with Crippen LogP contribution in [0, 0.1) is 5.41 Å². The largest absolute Gasteiger partial charge is 0.397 e. The Hall–Kier alpha value is -1.05. The third-order valence-corrected chi connectivity index (χ3v) is 1.62. The third-order valence-electron chi connectivity index (χ3n) is 1.62. The zero-order chi connectivity index (χ0) is 9.19. The second-order valence-corrected chi connectivity index (χ2v) is 4.28. The highest BCUT2D eigenvalue weighted by molar-refractivity contribution is 5.42. The molecule has 12 heavy (non-hydrogen) atoms. The lowest BCUT2D eigenvalue weighted by molar-refractivity contribution is 0.407. The van der Waals surface area contributed by atoms with Crippen molar-refractivity contribution in [3.63, 3.8) is 0 Å². The van der Waals surface area contributed by atoms with Gasteiger partial charge in [-0.15, -0.1) is 0 Å². The lowest BCUT2D eigenvalue weighted by Crippen LogP contribution is -2.12. The van der Waals surface area contributed by atoms with Crippen LogP contribution in [-0.2, 0) is 6.42 Å². The minimum absolute atomic E-state index is 0.252. The van der Waals surface area contributed by atoms with E-state index in [-0.39, 0.29) is 5.41 Å². The van der Waals surface area contributed by atoms with Crippen molar-refractivity contribution in [3.8, 4) is 0 Å². The summed E-state index contributed by atoms with van der Waals surface area (Å²) < 4.78 is 0. The molecule has 0 fully saturated rings. The Morgan fingerprint density at radius 1 is 1.42 bits per heavy atom. The third kappa shape index (κ3) is 2.53. The SMILES string of the molecule is CC(C)(C)Cc1ncccc1N. The van der Waals surface area contributed by atoms with E-state index in [2.05, 4.69) is 25.8 Å². The van der Waals surface area contributed by atoms with Crippen molar-refractivity contribution >= 4 is 5.69 Å². The fraction of sp³-hybridized carbons (Fsp3) is 0.500. The average Bonchev–Trinajstić information content (AvgIpc) is 1.91. The van der Waals surface area contributed by atoms with Crippen LogP contribution in [0.4, 0.5) is 5.69 Å². The topological polar surface area (TPSA) is 38.9 Å². The molecule has 1 heterocycles. The molecule has 0 saturated heterocycles. The number of nitrogens with two attached hydrogens (primary N) is 1. The van der Waals surface area contributed by atoms with Crippen molar-refractivity contribution < 1.29 is 0 Å². The van der Waals surface area contributed by atoms with Gasteiger partial charge in [0.25, 0.3) is 0 Å². The standard InChI is InChI=1S/C10H16N2/c1-10(2,3)7-9-8(11)5-4-6-12-9/h4-6H,7,11H2,1-3H3. The van der Waals surface area contributed by atoms with Gasteiger partial charge < -0.3 is 5.73 Å². The van der Waals surface area contributed by atoms with Crippen molar-refractivity contribution in [2.45, 2.75) is 27.2 Å². The van der Waals surface area contributed by atoms with Crippen LogP contribution >= 0.6 is 0 Å². The maximum absolute atomic E-state index is 5.77. The van der Waals surface area contributed by atoms with Crippen LogP contribution in [0.25, 0.3) is 0 Å². The highest BCUT2D eigenvalue weighted by atomic mass is 14.7. The van der Waals surface area contributed by atoms with Crippen LogP contribution < -0.4 is 5.73 Å². The maximum Gasteiger partial charge on any atom is 0.0637 e. The van der Waals surface area contributed by atoms with Gasteiger partial charge in [-0.05, 0) is 24.0 Å². The number of anilines is 1. The molecule has 0 saturated carbocycles. The first kappa shape index (κ1) is 9.04. The number of nitrogens with zero attached hydrogens (tertiary/aromatic N) is 1. The Morgan fingerprint density at radius 3 is 2.58 bits per heavy atom. The molecule has 0 bridgehead atoms. The van der Waals surface area contributed by atoms with Crippen LogP contribution in [0.5, 0.6) is 0 Å². The van der Waals surface area contributed by atoms with Gasteiger partial charge in [-0.3, -0.25) is 4.98 Å². The van der Waals surface area contributed by atoms with Gasteiger partial charge in [0.1, 0.15) is 0 Å². The van der Waals surface area contributed by atoms with E-state index in [1.807, 2.05) is 12.1 Å². The normalized spacial score (nSPS) is 11.6. The number of aromatic nitrogens is 1. The molecule has 0 atom stereocenters. The first-order chi connectivity index (χ1) is 5.49. The predicted octanol–water partition coefficient (Wildman–Crippen LogP) is 2.25. The maximum atomic E-state index is 5.77. The van der Waals surface area contributed by atoms with E-state index in [9.17, 15) is 0 Å². The Kier molecular flexibility index (Phi) is 2.36. The lowest BCUT2D eigenvalue weighted by Gasteiger charge is -2.18. The second kappa shape index (κ2) is 3.13. The van der Waals surface area contributed by atoms with Crippen molar-refractivity contribution in [3.05, 3.63) is 24.0 Å². The molecule has 0 aliphatic heterocycles. The number of rotatable bonds is 1. The first-order valence-electron chi connectivity index (χ1n) is 4.18. The number of nitrogen functional groups attached to an aromatic ring is 1. The molecule has 0 unspecified atom stereocenters. The molecule has 66 valence electrons. The summed E-state index contributed by atoms with van der Waals surface area (Å²) in [6.45, 7) is 6.54. The van der Waals surface area contributed by atoms with Crippen LogP contribution in [0.15, 0.2) is 18.3 Å². The quantitative estimate of drug-likeness (QED) is 0.691. The monoisotopic (exact) mass is 164 g/mol. The summed E-state index contributed by atoms with van der Waals surface area (Å²) in [5.74, 6) is 0. The van der Waals surface area contributed by atoms with Gasteiger partial charge in [0.2, 0.25) is 0 Å². The van der Waals surface area contributed by atoms with E-state index < -0.39 is 0 Å².